The first-order chi connectivity index (χ1) is 16.1. The molecule has 0 bridgehead atoms. The normalized spacial score (nSPS) is 30.3. The average Bonchev–Trinajstić information content (AvgIpc) is 3.46. The van der Waals surface area contributed by atoms with Gasteiger partial charge in [0.25, 0.3) is 0 Å². The predicted molar refractivity (Wildman–Crippen MR) is 135 cm³/mol. The van der Waals surface area contributed by atoms with E-state index < -0.39 is 5.97 Å². The molecule has 2 saturated carbocycles. The van der Waals surface area contributed by atoms with E-state index in [1.807, 2.05) is 11.0 Å². The lowest BCUT2D eigenvalue weighted by molar-refractivity contribution is -0.124. The third kappa shape index (κ3) is 5.85. The molecule has 1 aromatic rings. The van der Waals surface area contributed by atoms with Gasteiger partial charge in [0, 0.05) is 23.4 Å². The molecule has 1 amide bonds. The zero-order valence-corrected chi connectivity index (χ0v) is 22.0. The van der Waals surface area contributed by atoms with Gasteiger partial charge in [-0.2, -0.15) is 0 Å². The predicted octanol–water partition coefficient (Wildman–Crippen LogP) is 6.02. The Morgan fingerprint density at radius 3 is 2.26 bits per heavy atom. The Morgan fingerprint density at radius 2 is 1.71 bits per heavy atom. The van der Waals surface area contributed by atoms with Crippen LogP contribution in [-0.4, -0.2) is 48.4 Å². The molecule has 190 valence electrons. The van der Waals surface area contributed by atoms with Crippen molar-refractivity contribution in [2.24, 2.45) is 11.8 Å². The fourth-order valence-electron chi connectivity index (χ4n) is 5.61. The zero-order chi connectivity index (χ0) is 24.5. The van der Waals surface area contributed by atoms with Gasteiger partial charge in [0.05, 0.1) is 24.5 Å². The zero-order valence-electron chi connectivity index (χ0n) is 21.2. The molecule has 0 radical (unpaired) electrons. The van der Waals surface area contributed by atoms with Gasteiger partial charge in [0.15, 0.2) is 0 Å². The highest BCUT2D eigenvalue weighted by molar-refractivity contribution is 7.14. The smallest absolute Gasteiger partial charge is 0.348 e. The average molecular weight is 492 g/mol. The molecule has 2 aliphatic carbocycles. The van der Waals surface area contributed by atoms with Gasteiger partial charge in [-0.05, 0) is 75.2 Å². The molecule has 1 saturated heterocycles. The van der Waals surface area contributed by atoms with Crippen LogP contribution in [0, 0.1) is 11.8 Å². The molecule has 1 atom stereocenters. The van der Waals surface area contributed by atoms with Gasteiger partial charge >= 0.3 is 5.97 Å². The van der Waals surface area contributed by atoms with Crippen molar-refractivity contribution in [1.29, 1.82) is 0 Å². The molecule has 1 aromatic heterocycles. The summed E-state index contributed by atoms with van der Waals surface area (Å²) in [6.07, 6.45) is 8.74. The van der Waals surface area contributed by atoms with Crippen LogP contribution < -0.4 is 4.90 Å². The molecule has 2 heterocycles. The van der Waals surface area contributed by atoms with Crippen LogP contribution >= 0.6 is 11.3 Å². The molecular formula is C27H41NO5S. The summed E-state index contributed by atoms with van der Waals surface area (Å²) in [5.74, 6) is -0.168. The van der Waals surface area contributed by atoms with E-state index in [0.29, 0.717) is 23.1 Å². The summed E-state index contributed by atoms with van der Waals surface area (Å²) in [5.41, 5.74) is 0.441. The summed E-state index contributed by atoms with van der Waals surface area (Å²) < 4.78 is 11.7. The molecule has 6 nitrogen and oxygen atoms in total. The van der Waals surface area contributed by atoms with Gasteiger partial charge < -0.3 is 19.5 Å². The minimum Gasteiger partial charge on any atom is -0.477 e. The van der Waals surface area contributed by atoms with Crippen LogP contribution in [0.4, 0.5) is 5.69 Å². The number of carboxylic acid groups (broad SMARTS) is 1. The van der Waals surface area contributed by atoms with Crippen molar-refractivity contribution in [3.8, 4) is 0 Å². The molecule has 4 rings (SSSR count). The first-order valence-electron chi connectivity index (χ1n) is 13.1. The molecule has 1 aliphatic heterocycles. The first kappa shape index (κ1) is 25.6. The molecular weight excluding hydrogens is 450 g/mol. The molecule has 0 unspecified atom stereocenters. The number of amides is 1. The molecule has 3 aliphatic rings. The van der Waals surface area contributed by atoms with Crippen molar-refractivity contribution in [1.82, 2.24) is 0 Å². The van der Waals surface area contributed by atoms with Crippen molar-refractivity contribution < 1.29 is 24.2 Å². The second kappa shape index (κ2) is 10.7. The molecule has 1 N–H and O–H groups in total. The minimum absolute atomic E-state index is 0.0135. The summed E-state index contributed by atoms with van der Waals surface area (Å²) in [4.78, 5) is 29.5. The van der Waals surface area contributed by atoms with E-state index in [-0.39, 0.29) is 35.5 Å². The highest BCUT2D eigenvalue weighted by Crippen LogP contribution is 2.42. The summed E-state index contributed by atoms with van der Waals surface area (Å²) in [6.45, 7) is 9.99. The number of thiophene rings is 1. The third-order valence-electron chi connectivity index (χ3n) is 7.79. The van der Waals surface area contributed by atoms with Crippen molar-refractivity contribution in [3.63, 3.8) is 0 Å². The second-order valence-electron chi connectivity index (χ2n) is 11.6. The number of carboxylic acids is 1. The lowest BCUT2D eigenvalue weighted by Crippen LogP contribution is -2.47. The van der Waals surface area contributed by atoms with Gasteiger partial charge in [-0.3, -0.25) is 4.79 Å². The molecule has 3 fully saturated rings. The lowest BCUT2D eigenvalue weighted by Gasteiger charge is -2.40. The standard InChI is InChI=1S/C27H41NO5S/c1-17-5-7-18(8-6-17)25(29)28(22-15-23(27(2,3)4)34-24(22)26(30)31)19-9-11-20(12-10-19)33-21-13-14-32-16-21/h15,17-21H,5-14,16H2,1-4H3,(H,30,31)/t17?,18?,19?,20?,21-/m1/s1. The maximum absolute atomic E-state index is 14.0. The number of nitrogens with zero attached hydrogens (tertiary/aromatic N) is 1. The quantitative estimate of drug-likeness (QED) is 0.527. The Kier molecular flexibility index (Phi) is 8.05. The summed E-state index contributed by atoms with van der Waals surface area (Å²) in [6, 6.07) is 2.00. The van der Waals surface area contributed by atoms with Gasteiger partial charge in [0.1, 0.15) is 4.88 Å². The van der Waals surface area contributed by atoms with Crippen LogP contribution in [0.3, 0.4) is 0 Å². The van der Waals surface area contributed by atoms with Crippen molar-refractivity contribution >= 4 is 28.9 Å². The highest BCUT2D eigenvalue weighted by Gasteiger charge is 2.38. The lowest BCUT2D eigenvalue weighted by atomic mass is 9.81. The third-order valence-corrected chi connectivity index (χ3v) is 9.33. The van der Waals surface area contributed by atoms with E-state index in [2.05, 4.69) is 27.7 Å². The fraction of sp³-hybridized carbons (Fsp3) is 0.778. The van der Waals surface area contributed by atoms with Crippen molar-refractivity contribution in [3.05, 3.63) is 15.8 Å². The van der Waals surface area contributed by atoms with Crippen LogP contribution in [0.5, 0.6) is 0 Å². The molecule has 34 heavy (non-hydrogen) atoms. The van der Waals surface area contributed by atoms with Crippen LogP contribution in [0.1, 0.15) is 100 Å². The maximum Gasteiger partial charge on any atom is 0.348 e. The van der Waals surface area contributed by atoms with Gasteiger partial charge in [-0.15, -0.1) is 11.3 Å². The molecule has 0 spiro atoms. The van der Waals surface area contributed by atoms with Gasteiger partial charge in [-0.25, -0.2) is 4.79 Å². The monoisotopic (exact) mass is 491 g/mol. The largest absolute Gasteiger partial charge is 0.477 e. The topological polar surface area (TPSA) is 76.1 Å². The summed E-state index contributed by atoms with van der Waals surface area (Å²) in [5, 5.41) is 10.1. The Labute approximate surface area is 208 Å². The number of ether oxygens (including phenoxy) is 2. The first-order valence-corrected chi connectivity index (χ1v) is 13.9. The maximum atomic E-state index is 14.0. The number of rotatable bonds is 6. The number of hydrogen-bond acceptors (Lipinski definition) is 5. The number of anilines is 1. The van der Waals surface area contributed by atoms with E-state index in [0.717, 1.165) is 69.3 Å². The van der Waals surface area contributed by atoms with Crippen LogP contribution in [0.2, 0.25) is 0 Å². The number of carbonyl (C=O) groups is 2. The Hall–Kier alpha value is -1.44. The Morgan fingerprint density at radius 1 is 1.03 bits per heavy atom. The molecule has 7 heteroatoms. The number of carbonyl (C=O) groups excluding carboxylic acids is 1. The number of hydrogen-bond donors (Lipinski definition) is 1. The fourth-order valence-corrected chi connectivity index (χ4v) is 6.66. The van der Waals surface area contributed by atoms with Crippen LogP contribution in [0.15, 0.2) is 6.07 Å². The van der Waals surface area contributed by atoms with Crippen molar-refractivity contribution in [2.75, 3.05) is 18.1 Å². The summed E-state index contributed by atoms with van der Waals surface area (Å²) >= 11 is 1.32. The van der Waals surface area contributed by atoms with E-state index in [9.17, 15) is 14.7 Å². The number of aromatic carboxylic acids is 1. The van der Waals surface area contributed by atoms with E-state index >= 15 is 0 Å². The highest BCUT2D eigenvalue weighted by atomic mass is 32.1. The Balaban J connectivity index is 1.58. The minimum atomic E-state index is -0.941. The van der Waals surface area contributed by atoms with Gasteiger partial charge in [-0.1, -0.05) is 27.7 Å². The van der Waals surface area contributed by atoms with Crippen LogP contribution in [-0.2, 0) is 19.7 Å². The van der Waals surface area contributed by atoms with E-state index in [1.54, 1.807) is 0 Å². The Bertz CT molecular complexity index is 853. The van der Waals surface area contributed by atoms with E-state index in [4.69, 9.17) is 9.47 Å². The SMILES string of the molecule is CC1CCC(C(=O)N(c2cc(C(C)(C)C)sc2C(=O)O)C2CCC(O[C@@H]3CCOC3)CC2)CC1. The van der Waals surface area contributed by atoms with E-state index in [1.165, 1.54) is 11.3 Å². The van der Waals surface area contributed by atoms with Gasteiger partial charge in [0.2, 0.25) is 5.91 Å². The molecule has 0 aromatic carbocycles. The van der Waals surface area contributed by atoms with Crippen LogP contribution in [0.25, 0.3) is 0 Å². The second-order valence-corrected chi connectivity index (χ2v) is 12.6. The van der Waals surface area contributed by atoms with Crippen molar-refractivity contribution in [2.45, 2.75) is 109 Å². The summed E-state index contributed by atoms with van der Waals surface area (Å²) in [7, 11) is 0.